The van der Waals surface area contributed by atoms with Gasteiger partial charge in [0.25, 0.3) is 5.91 Å². The van der Waals surface area contributed by atoms with Gasteiger partial charge < -0.3 is 10.2 Å². The van der Waals surface area contributed by atoms with Crippen LogP contribution in [0.3, 0.4) is 0 Å². The Balaban J connectivity index is 1.72. The predicted molar refractivity (Wildman–Crippen MR) is 90.2 cm³/mol. The lowest BCUT2D eigenvalue weighted by Gasteiger charge is -2.24. The number of nitrogens with zero attached hydrogens (tertiary/aromatic N) is 3. The van der Waals surface area contributed by atoms with Gasteiger partial charge in [0.2, 0.25) is 5.91 Å². The highest BCUT2D eigenvalue weighted by atomic mass is 16.2. The van der Waals surface area contributed by atoms with Crippen LogP contribution in [0.2, 0.25) is 0 Å². The zero-order valence-electron chi connectivity index (χ0n) is 14.0. The van der Waals surface area contributed by atoms with Gasteiger partial charge >= 0.3 is 0 Å². The summed E-state index contributed by atoms with van der Waals surface area (Å²) in [6, 6.07) is 7.54. The highest BCUT2D eigenvalue weighted by Gasteiger charge is 2.31. The van der Waals surface area contributed by atoms with E-state index in [2.05, 4.69) is 10.4 Å². The van der Waals surface area contributed by atoms with Gasteiger partial charge in [-0.3, -0.25) is 14.3 Å². The van der Waals surface area contributed by atoms with E-state index < -0.39 is 0 Å². The van der Waals surface area contributed by atoms with E-state index in [1.54, 1.807) is 4.68 Å². The van der Waals surface area contributed by atoms with Crippen LogP contribution in [0, 0.1) is 0 Å². The Morgan fingerprint density at radius 2 is 2.04 bits per heavy atom. The molecule has 1 aromatic heterocycles. The van der Waals surface area contributed by atoms with Crippen molar-refractivity contribution in [2.24, 2.45) is 7.05 Å². The highest BCUT2D eigenvalue weighted by molar-refractivity contribution is 5.94. The Morgan fingerprint density at radius 1 is 1.29 bits per heavy atom. The number of hydrogen-bond donors (Lipinski definition) is 1. The molecule has 0 unspecified atom stereocenters. The highest BCUT2D eigenvalue weighted by Crippen LogP contribution is 2.32. The summed E-state index contributed by atoms with van der Waals surface area (Å²) in [5.41, 5.74) is 2.75. The molecule has 0 spiro atoms. The van der Waals surface area contributed by atoms with Crippen LogP contribution < -0.4 is 5.32 Å². The van der Waals surface area contributed by atoms with Crippen LogP contribution in [0.4, 0.5) is 0 Å². The molecule has 0 radical (unpaired) electrons. The maximum Gasteiger partial charge on any atom is 0.254 e. The number of carbonyl (C=O) groups excluding carboxylic acids is 2. The zero-order chi connectivity index (χ0) is 17.1. The largest absolute Gasteiger partial charge is 0.352 e. The van der Waals surface area contributed by atoms with E-state index in [0.717, 1.165) is 30.5 Å². The Bertz CT molecular complexity index is 736. The van der Waals surface area contributed by atoms with Crippen LogP contribution in [0.5, 0.6) is 0 Å². The molecule has 1 atom stereocenters. The fraction of sp³-hybridized carbons (Fsp3) is 0.389. The van der Waals surface area contributed by atoms with Crippen molar-refractivity contribution in [1.29, 1.82) is 0 Å². The fourth-order valence-corrected chi connectivity index (χ4v) is 3.13. The molecule has 6 nitrogen and oxygen atoms in total. The minimum Gasteiger partial charge on any atom is -0.352 e. The van der Waals surface area contributed by atoms with Crippen molar-refractivity contribution in [1.82, 2.24) is 20.0 Å². The number of amides is 2. The molecule has 2 aromatic rings. The van der Waals surface area contributed by atoms with Gasteiger partial charge in [0.1, 0.15) is 0 Å². The van der Waals surface area contributed by atoms with E-state index >= 15 is 0 Å². The van der Waals surface area contributed by atoms with Crippen LogP contribution >= 0.6 is 0 Å². The smallest absolute Gasteiger partial charge is 0.254 e. The normalized spacial score (nSPS) is 17.1. The molecular formula is C18H22N4O2. The number of benzene rings is 1. The maximum atomic E-state index is 12.8. The summed E-state index contributed by atoms with van der Waals surface area (Å²) >= 11 is 0. The van der Waals surface area contributed by atoms with E-state index in [0.29, 0.717) is 12.1 Å². The molecule has 1 aliphatic rings. The average molecular weight is 326 g/mol. The van der Waals surface area contributed by atoms with Crippen molar-refractivity contribution >= 4 is 11.8 Å². The summed E-state index contributed by atoms with van der Waals surface area (Å²) in [7, 11) is 1.89. The lowest BCUT2D eigenvalue weighted by Crippen LogP contribution is -2.30. The van der Waals surface area contributed by atoms with E-state index in [-0.39, 0.29) is 17.9 Å². The summed E-state index contributed by atoms with van der Waals surface area (Å²) in [5.74, 6) is -0.0148. The molecule has 2 heterocycles. The standard InChI is InChI=1S/C18H22N4O2/c1-13(23)19-10-14-5-7-15(8-6-14)18(24)22-9-3-4-17(22)16-11-20-21(2)12-16/h5-8,11-12,17H,3-4,9-10H2,1-2H3,(H,19,23)/t17-/m0/s1. The molecule has 6 heteroatoms. The molecule has 2 amide bonds. The van der Waals surface area contributed by atoms with E-state index in [1.165, 1.54) is 6.92 Å². The molecule has 126 valence electrons. The van der Waals surface area contributed by atoms with E-state index in [1.807, 2.05) is 48.6 Å². The van der Waals surface area contributed by atoms with E-state index in [4.69, 9.17) is 0 Å². The first-order valence-corrected chi connectivity index (χ1v) is 8.17. The van der Waals surface area contributed by atoms with Crippen molar-refractivity contribution in [3.05, 3.63) is 53.3 Å². The summed E-state index contributed by atoms with van der Waals surface area (Å²) < 4.78 is 1.77. The number of carbonyl (C=O) groups is 2. The van der Waals surface area contributed by atoms with Gasteiger partial charge in [0.05, 0.1) is 12.2 Å². The first kappa shape index (κ1) is 16.2. The Labute approximate surface area is 141 Å². The summed E-state index contributed by atoms with van der Waals surface area (Å²) in [4.78, 5) is 25.7. The molecular weight excluding hydrogens is 304 g/mol. The molecule has 1 aromatic carbocycles. The Morgan fingerprint density at radius 3 is 2.67 bits per heavy atom. The SMILES string of the molecule is CC(=O)NCc1ccc(C(=O)N2CCC[C@H]2c2cnn(C)c2)cc1. The van der Waals surface area contributed by atoms with Gasteiger partial charge in [0, 0.05) is 44.4 Å². The second-order valence-corrected chi connectivity index (χ2v) is 6.21. The minimum absolute atomic E-state index is 0.0485. The third kappa shape index (κ3) is 3.48. The van der Waals surface area contributed by atoms with Crippen molar-refractivity contribution < 1.29 is 9.59 Å². The van der Waals surface area contributed by atoms with E-state index in [9.17, 15) is 9.59 Å². The van der Waals surface area contributed by atoms with Gasteiger partial charge in [-0.15, -0.1) is 0 Å². The average Bonchev–Trinajstić information content (AvgIpc) is 3.21. The quantitative estimate of drug-likeness (QED) is 0.935. The molecule has 1 N–H and O–H groups in total. The van der Waals surface area contributed by atoms with Gasteiger partial charge in [-0.05, 0) is 30.5 Å². The topological polar surface area (TPSA) is 67.2 Å². The monoisotopic (exact) mass is 326 g/mol. The Hall–Kier alpha value is -2.63. The summed E-state index contributed by atoms with van der Waals surface area (Å²) in [5, 5.41) is 6.97. The van der Waals surface area contributed by atoms with Gasteiger partial charge in [-0.25, -0.2) is 0 Å². The molecule has 0 saturated carbocycles. The van der Waals surface area contributed by atoms with Crippen LogP contribution in [0.25, 0.3) is 0 Å². The molecule has 1 fully saturated rings. The zero-order valence-corrected chi connectivity index (χ0v) is 14.0. The lowest BCUT2D eigenvalue weighted by atomic mass is 10.1. The first-order valence-electron chi connectivity index (χ1n) is 8.17. The number of aromatic nitrogens is 2. The van der Waals surface area contributed by atoms with Gasteiger partial charge in [-0.1, -0.05) is 12.1 Å². The molecule has 0 aliphatic carbocycles. The predicted octanol–water partition coefficient (Wildman–Crippen LogP) is 2.03. The first-order chi connectivity index (χ1) is 11.5. The second-order valence-electron chi connectivity index (χ2n) is 6.21. The number of nitrogens with one attached hydrogen (secondary N) is 1. The number of hydrogen-bond acceptors (Lipinski definition) is 3. The van der Waals surface area contributed by atoms with Gasteiger partial charge in [-0.2, -0.15) is 5.10 Å². The lowest BCUT2D eigenvalue weighted by molar-refractivity contribution is -0.119. The molecule has 24 heavy (non-hydrogen) atoms. The molecule has 3 rings (SSSR count). The molecule has 1 saturated heterocycles. The maximum absolute atomic E-state index is 12.8. The number of aryl methyl sites for hydroxylation is 1. The van der Waals surface area contributed by atoms with Gasteiger partial charge in [0.15, 0.2) is 0 Å². The van der Waals surface area contributed by atoms with Crippen molar-refractivity contribution in [2.45, 2.75) is 32.4 Å². The van der Waals surface area contributed by atoms with Crippen molar-refractivity contribution in [3.8, 4) is 0 Å². The Kier molecular flexibility index (Phi) is 4.64. The number of rotatable bonds is 4. The van der Waals surface area contributed by atoms with Crippen molar-refractivity contribution in [2.75, 3.05) is 6.54 Å². The summed E-state index contributed by atoms with van der Waals surface area (Å²) in [6.07, 6.45) is 5.80. The second kappa shape index (κ2) is 6.86. The molecule has 1 aliphatic heterocycles. The van der Waals surface area contributed by atoms with Crippen LogP contribution in [0.15, 0.2) is 36.7 Å². The van der Waals surface area contributed by atoms with Crippen LogP contribution in [-0.4, -0.2) is 33.0 Å². The third-order valence-corrected chi connectivity index (χ3v) is 4.37. The molecule has 0 bridgehead atoms. The third-order valence-electron chi connectivity index (χ3n) is 4.37. The van der Waals surface area contributed by atoms with Crippen molar-refractivity contribution in [3.63, 3.8) is 0 Å². The van der Waals surface area contributed by atoms with Crippen LogP contribution in [-0.2, 0) is 18.4 Å². The fourth-order valence-electron chi connectivity index (χ4n) is 3.13. The minimum atomic E-state index is -0.0634. The summed E-state index contributed by atoms with van der Waals surface area (Å²) in [6.45, 7) is 2.74. The van der Waals surface area contributed by atoms with Crippen LogP contribution in [0.1, 0.15) is 47.3 Å². The number of likely N-dealkylation sites (tertiary alicyclic amines) is 1.